The lowest BCUT2D eigenvalue weighted by atomic mass is 10.1. The largest absolute Gasteiger partial charge is 0.324 e. The number of rotatable bonds is 15. The van der Waals surface area contributed by atoms with Crippen LogP contribution >= 0.6 is 11.6 Å². The molecule has 7 aromatic carbocycles. The molecule has 0 fully saturated rings. The summed E-state index contributed by atoms with van der Waals surface area (Å²) in [7, 11) is -28.9. The fourth-order valence-electron chi connectivity index (χ4n) is 10.6. The van der Waals surface area contributed by atoms with E-state index in [0.717, 1.165) is 65.7 Å². The molecule has 8 bridgehead atoms. The van der Waals surface area contributed by atoms with Gasteiger partial charge in [-0.15, -0.1) is 0 Å². The van der Waals surface area contributed by atoms with Gasteiger partial charge in [0.05, 0.1) is 41.6 Å². The summed E-state index contributed by atoms with van der Waals surface area (Å²) in [6, 6.07) is 26.5. The number of sulfonamides is 1. The molecule has 10 N–H and O–H groups in total. The predicted molar refractivity (Wildman–Crippen MR) is 356 cm³/mol. The number of benzene rings is 7. The molecule has 1 atom stereocenters. The Labute approximate surface area is 566 Å². The first-order valence-corrected chi connectivity index (χ1v) is 37.0. The number of nitrogens with zero attached hydrogens (tertiary/aromatic N) is 13. The Morgan fingerprint density at radius 2 is 0.910 bits per heavy atom. The van der Waals surface area contributed by atoms with Gasteiger partial charge in [0.1, 0.15) is 33.2 Å². The second-order valence-corrected chi connectivity index (χ2v) is 30.8. The van der Waals surface area contributed by atoms with Crippen LogP contribution in [0.2, 0.25) is 5.28 Å². The number of azo groups is 1. The van der Waals surface area contributed by atoms with Crippen molar-refractivity contribution in [3.63, 3.8) is 0 Å². The van der Waals surface area contributed by atoms with E-state index in [9.17, 15) is 78.1 Å². The Morgan fingerprint density at radius 3 is 1.45 bits per heavy atom. The van der Waals surface area contributed by atoms with Crippen molar-refractivity contribution in [3.05, 3.63) is 145 Å². The van der Waals surface area contributed by atoms with Gasteiger partial charge in [0, 0.05) is 55.2 Å². The van der Waals surface area contributed by atoms with Crippen LogP contribution in [0.25, 0.3) is 89.7 Å². The SMILES string of the molecule is CC1=NN(c2cccc(S(=O)(=O)O)c2)C(=O)C1N=Nc1ccc(Nc2nc(Cl)nc(Nc3cccc(NS(=O)(=O)c4ccc5c(c4)-c4nc-5nc5[nH]c(nc6nc(nc7[nH]c(n4)c4ccc(S(=O)(=O)O)cc74)-c4cc(S(=O)(=O)O)ccc4-6)c4ccc(S(=O)(=O)O)cc54)c3)n2)cc1S(=O)(=O)O. The zero-order valence-corrected chi connectivity index (χ0v) is 55.2. The molecular weight excluding hydrogens is 1450 g/mol. The topological polar surface area (TPSA) is 547 Å². The van der Waals surface area contributed by atoms with Crippen LogP contribution in [0.4, 0.5) is 40.3 Å². The van der Waals surface area contributed by atoms with Crippen molar-refractivity contribution in [1.82, 2.24) is 54.8 Å². The van der Waals surface area contributed by atoms with Crippen LogP contribution in [0.5, 0.6) is 0 Å². The van der Waals surface area contributed by atoms with Crippen molar-refractivity contribution in [2.75, 3.05) is 20.4 Å². The Balaban J connectivity index is 0.786. The molecule has 3 aliphatic heterocycles. The quantitative estimate of drug-likeness (QED) is 0.0342. The maximum absolute atomic E-state index is 14.6. The van der Waals surface area contributed by atoms with Gasteiger partial charge >= 0.3 is 0 Å². The lowest BCUT2D eigenvalue weighted by molar-refractivity contribution is -0.117. The highest BCUT2D eigenvalue weighted by atomic mass is 35.5. The molecule has 1 amide bonds. The van der Waals surface area contributed by atoms with Crippen molar-refractivity contribution in [2.24, 2.45) is 15.3 Å². The molecule has 506 valence electrons. The molecule has 14 rings (SSSR count). The number of fused-ring (bicyclic) bond motifs is 20. The standard InChI is InChI=1S/C57H37ClN18O18S6/c1-25-45(54(77)76(74-25)29-6-3-7-31(20-29)96(80,81)82)73-72-43-17-8-27(19-44(43)100(92,93)94)60-57-70-55(58)69-56(71-57)59-26-4-2-5-28(18-26)75-95(78,79)30-9-13-35-39(21-30)50-64-48(35)66-51-40-22-32(97(83,84)85)10-14-36(40)46(62-51)61-47-37-15-11-33(98(86,87)88)23-41(37)52(63-47)68-53-42-24-34(99(89,90)91)12-16-38(42)49(65-50)67-53/h2-24,45,75H,1H3,(H,80,81,82)(H,83,84,85)(H,86,87,88)(H,89,90,91)(H,92,93,94)(H2,59,60,69,70,71)(H2,61,62,63,64,65,66,67,68). The van der Waals surface area contributed by atoms with E-state index < -0.39 is 108 Å². The molecule has 7 heterocycles. The third-order valence-electron chi connectivity index (χ3n) is 15.1. The van der Waals surface area contributed by atoms with Crippen molar-refractivity contribution >= 4 is 168 Å². The number of amides is 1. The van der Waals surface area contributed by atoms with Gasteiger partial charge in [-0.05, 0) is 146 Å². The monoisotopic (exact) mass is 1490 g/mol. The molecule has 1 unspecified atom stereocenters. The maximum Gasteiger partial charge on any atom is 0.296 e. The van der Waals surface area contributed by atoms with Gasteiger partial charge in [-0.2, -0.15) is 77.4 Å². The predicted octanol–water partition coefficient (Wildman–Crippen LogP) is 8.10. The second kappa shape index (κ2) is 23.8. The van der Waals surface area contributed by atoms with E-state index in [0.29, 0.717) is 0 Å². The highest BCUT2D eigenvalue weighted by Crippen LogP contribution is 2.41. The fourth-order valence-corrected chi connectivity index (χ4v) is 14.5. The van der Waals surface area contributed by atoms with E-state index in [-0.39, 0.29) is 135 Å². The molecule has 100 heavy (non-hydrogen) atoms. The molecule has 11 aromatic rings. The zero-order chi connectivity index (χ0) is 70.9. The van der Waals surface area contributed by atoms with Crippen molar-refractivity contribution in [1.29, 1.82) is 0 Å². The zero-order valence-electron chi connectivity index (χ0n) is 49.5. The fraction of sp³-hybridized carbons (Fsp3) is 0.0351. The minimum atomic E-state index is -5.07. The lowest BCUT2D eigenvalue weighted by Gasteiger charge is -2.13. The van der Waals surface area contributed by atoms with Gasteiger partial charge in [-0.1, -0.05) is 12.1 Å². The van der Waals surface area contributed by atoms with E-state index in [4.69, 9.17) is 31.5 Å². The number of aromatic nitrogens is 11. The molecule has 36 nitrogen and oxygen atoms in total. The summed E-state index contributed by atoms with van der Waals surface area (Å²) >= 11 is 6.31. The minimum absolute atomic E-state index is 0.00128. The average Bonchev–Trinajstić information content (AvgIpc) is 1.59. The molecular formula is C57H37ClN18O18S6. The number of carbonyl (C=O) groups excluding carboxylic acids is 1. The van der Waals surface area contributed by atoms with E-state index in [1.807, 2.05) is 0 Å². The third-order valence-corrected chi connectivity index (χ3v) is 21.0. The van der Waals surface area contributed by atoms with E-state index in [1.54, 1.807) is 0 Å². The number of anilines is 6. The third kappa shape index (κ3) is 12.8. The smallest absolute Gasteiger partial charge is 0.296 e. The molecule has 0 saturated heterocycles. The van der Waals surface area contributed by atoms with Gasteiger partial charge in [0.2, 0.25) is 17.2 Å². The van der Waals surface area contributed by atoms with Crippen LogP contribution in [0, 0.1) is 0 Å². The number of carbonyl (C=O) groups is 1. The summed E-state index contributed by atoms with van der Waals surface area (Å²) in [5.41, 5.74) is -0.364. The molecule has 3 aliphatic rings. The molecule has 0 radical (unpaired) electrons. The van der Waals surface area contributed by atoms with Crippen LogP contribution in [0.1, 0.15) is 6.92 Å². The number of aromatic amines is 2. The van der Waals surface area contributed by atoms with Gasteiger partial charge in [-0.25, -0.2) is 38.3 Å². The Morgan fingerprint density at radius 1 is 0.450 bits per heavy atom. The highest BCUT2D eigenvalue weighted by molar-refractivity contribution is 7.92. The lowest BCUT2D eigenvalue weighted by Crippen LogP contribution is -2.29. The summed E-state index contributed by atoms with van der Waals surface area (Å²) in [5.74, 6) is -2.05. The summed E-state index contributed by atoms with van der Waals surface area (Å²) in [4.78, 5) is 56.7. The highest BCUT2D eigenvalue weighted by Gasteiger charge is 2.36. The Bertz CT molecular complexity index is 6490. The van der Waals surface area contributed by atoms with Crippen molar-refractivity contribution in [3.8, 4) is 45.6 Å². The summed E-state index contributed by atoms with van der Waals surface area (Å²) < 4.78 is 206. The average molecular weight is 1490 g/mol. The molecule has 0 aliphatic carbocycles. The van der Waals surface area contributed by atoms with Gasteiger partial charge in [-0.3, -0.25) is 32.3 Å². The van der Waals surface area contributed by atoms with Crippen LogP contribution in [0.3, 0.4) is 0 Å². The molecule has 0 spiro atoms. The molecule has 43 heteroatoms. The first-order chi connectivity index (χ1) is 47.1. The Kier molecular flexibility index (Phi) is 15.7. The van der Waals surface area contributed by atoms with Crippen molar-refractivity contribution < 1.29 is 78.1 Å². The van der Waals surface area contributed by atoms with Crippen LogP contribution in [-0.2, 0) is 65.4 Å². The number of H-pyrrole nitrogens is 2. The number of hydrogen-bond acceptors (Lipinski definition) is 27. The van der Waals surface area contributed by atoms with E-state index >= 15 is 0 Å². The number of hydrogen-bond donors (Lipinski definition) is 10. The molecule has 4 aromatic heterocycles. The van der Waals surface area contributed by atoms with Crippen LogP contribution in [-0.4, -0.2) is 146 Å². The van der Waals surface area contributed by atoms with Gasteiger partial charge < -0.3 is 20.6 Å². The first kappa shape index (κ1) is 66.1. The minimum Gasteiger partial charge on any atom is -0.324 e. The van der Waals surface area contributed by atoms with Gasteiger partial charge in [0.25, 0.3) is 66.5 Å². The van der Waals surface area contributed by atoms with Crippen LogP contribution in [0.15, 0.2) is 184 Å². The van der Waals surface area contributed by atoms with E-state index in [1.165, 1.54) is 85.8 Å². The molecule has 0 saturated carbocycles. The summed E-state index contributed by atoms with van der Waals surface area (Å²) in [6.07, 6.45) is 0. The number of nitrogens with one attached hydrogen (secondary N) is 5. The van der Waals surface area contributed by atoms with E-state index in [2.05, 4.69) is 65.6 Å². The Hall–Kier alpha value is -11.2. The number of halogens is 1. The summed E-state index contributed by atoms with van der Waals surface area (Å²) in [5, 5.41) is 18.4. The van der Waals surface area contributed by atoms with Crippen LogP contribution < -0.4 is 20.4 Å². The normalized spacial score (nSPS) is 14.3. The van der Waals surface area contributed by atoms with Gasteiger partial charge in [0.15, 0.2) is 29.3 Å². The maximum atomic E-state index is 14.6. The second-order valence-electron chi connectivity index (χ2n) is 21.7. The summed E-state index contributed by atoms with van der Waals surface area (Å²) in [6.45, 7) is 1.40. The number of hydrazone groups is 1. The van der Waals surface area contributed by atoms with Crippen molar-refractivity contribution in [2.45, 2.75) is 42.3 Å². The first-order valence-electron chi connectivity index (χ1n) is 28.0.